The molecule has 0 bridgehead atoms. The summed E-state index contributed by atoms with van der Waals surface area (Å²) in [6.45, 7) is 0. The fourth-order valence-corrected chi connectivity index (χ4v) is 2.88. The summed E-state index contributed by atoms with van der Waals surface area (Å²) in [6, 6.07) is 11.5. The van der Waals surface area contributed by atoms with Gasteiger partial charge in [-0.3, -0.25) is 0 Å². The molecular weight excluding hydrogens is 261 g/mol. The van der Waals surface area contributed by atoms with Crippen molar-refractivity contribution in [2.45, 2.75) is 31.9 Å². The minimum atomic E-state index is -4.31. The summed E-state index contributed by atoms with van der Waals surface area (Å²) >= 11 is 0. The second-order valence-corrected chi connectivity index (χ2v) is 5.23. The number of aryl methyl sites for hydroxylation is 2. The fraction of sp³-hybridized carbons (Fsp3) is 0.294. The van der Waals surface area contributed by atoms with Gasteiger partial charge in [0.05, 0.1) is 5.56 Å². The first kappa shape index (κ1) is 13.2. The molecule has 0 saturated carbocycles. The van der Waals surface area contributed by atoms with E-state index >= 15 is 0 Å². The maximum Gasteiger partial charge on any atom is 0.417 e. The number of halogens is 3. The fourth-order valence-electron chi connectivity index (χ4n) is 2.88. The van der Waals surface area contributed by atoms with Gasteiger partial charge in [0.1, 0.15) is 0 Å². The van der Waals surface area contributed by atoms with Gasteiger partial charge in [0.2, 0.25) is 0 Å². The van der Waals surface area contributed by atoms with E-state index in [2.05, 4.69) is 0 Å². The highest BCUT2D eigenvalue weighted by molar-refractivity contribution is 5.69. The van der Waals surface area contributed by atoms with Crippen LogP contribution in [-0.2, 0) is 19.0 Å². The Morgan fingerprint density at radius 3 is 2.25 bits per heavy atom. The molecule has 2 aromatic carbocycles. The van der Waals surface area contributed by atoms with Crippen molar-refractivity contribution < 1.29 is 13.2 Å². The van der Waals surface area contributed by atoms with Gasteiger partial charge in [-0.2, -0.15) is 13.2 Å². The predicted molar refractivity (Wildman–Crippen MR) is 73.5 cm³/mol. The smallest absolute Gasteiger partial charge is 0.166 e. The van der Waals surface area contributed by atoms with Crippen LogP contribution < -0.4 is 0 Å². The molecule has 0 radical (unpaired) electrons. The van der Waals surface area contributed by atoms with Crippen LogP contribution in [0, 0.1) is 0 Å². The maximum absolute atomic E-state index is 13.1. The Morgan fingerprint density at radius 2 is 1.50 bits per heavy atom. The van der Waals surface area contributed by atoms with E-state index in [0.29, 0.717) is 5.56 Å². The summed E-state index contributed by atoms with van der Waals surface area (Å²) in [5, 5.41) is 0. The van der Waals surface area contributed by atoms with E-state index < -0.39 is 11.7 Å². The number of alkyl halides is 3. The van der Waals surface area contributed by atoms with Gasteiger partial charge < -0.3 is 0 Å². The molecule has 3 heteroatoms. The molecule has 0 heterocycles. The molecule has 0 aromatic heterocycles. The lowest BCUT2D eigenvalue weighted by atomic mass is 9.88. The van der Waals surface area contributed by atoms with Gasteiger partial charge in [0.15, 0.2) is 0 Å². The average molecular weight is 276 g/mol. The molecule has 0 unspecified atom stereocenters. The van der Waals surface area contributed by atoms with Gasteiger partial charge in [-0.05, 0) is 54.0 Å². The SMILES string of the molecule is FC(F)(F)c1ccccc1-c1ccc2c(c1)CCCC2. The van der Waals surface area contributed by atoms with Crippen LogP contribution in [0.3, 0.4) is 0 Å². The molecule has 0 amide bonds. The second kappa shape index (κ2) is 4.97. The van der Waals surface area contributed by atoms with E-state index in [1.165, 1.54) is 23.6 Å². The summed E-state index contributed by atoms with van der Waals surface area (Å²) in [6.07, 6.45) is -0.0107. The first-order valence-corrected chi connectivity index (χ1v) is 6.84. The summed E-state index contributed by atoms with van der Waals surface area (Å²) in [7, 11) is 0. The summed E-state index contributed by atoms with van der Waals surface area (Å²) < 4.78 is 39.2. The molecule has 2 aromatic rings. The number of hydrogen-bond donors (Lipinski definition) is 0. The van der Waals surface area contributed by atoms with E-state index in [1.54, 1.807) is 12.1 Å². The molecule has 1 aliphatic carbocycles. The number of rotatable bonds is 1. The number of hydrogen-bond acceptors (Lipinski definition) is 0. The zero-order valence-electron chi connectivity index (χ0n) is 11.0. The number of fused-ring (bicyclic) bond motifs is 1. The molecule has 0 fully saturated rings. The van der Waals surface area contributed by atoms with Crippen molar-refractivity contribution in [3.63, 3.8) is 0 Å². The third-order valence-electron chi connectivity index (χ3n) is 3.89. The summed E-state index contributed by atoms with van der Waals surface area (Å²) in [5.74, 6) is 0. The highest BCUT2D eigenvalue weighted by Gasteiger charge is 2.33. The van der Waals surface area contributed by atoms with Gasteiger partial charge >= 0.3 is 6.18 Å². The Balaban J connectivity index is 2.10. The largest absolute Gasteiger partial charge is 0.417 e. The lowest BCUT2D eigenvalue weighted by Gasteiger charge is -2.18. The zero-order valence-corrected chi connectivity index (χ0v) is 11.0. The van der Waals surface area contributed by atoms with E-state index in [9.17, 15) is 13.2 Å². The van der Waals surface area contributed by atoms with E-state index in [4.69, 9.17) is 0 Å². The predicted octanol–water partition coefficient (Wildman–Crippen LogP) is 5.25. The monoisotopic (exact) mass is 276 g/mol. The third kappa shape index (κ3) is 2.45. The Morgan fingerprint density at radius 1 is 0.800 bits per heavy atom. The first-order valence-electron chi connectivity index (χ1n) is 6.84. The van der Waals surface area contributed by atoms with Gasteiger partial charge in [0, 0.05) is 0 Å². The second-order valence-electron chi connectivity index (χ2n) is 5.23. The minimum absolute atomic E-state index is 0.272. The molecule has 104 valence electrons. The van der Waals surface area contributed by atoms with Crippen molar-refractivity contribution in [2.24, 2.45) is 0 Å². The van der Waals surface area contributed by atoms with Crippen LogP contribution in [0.5, 0.6) is 0 Å². The molecule has 0 saturated heterocycles. The molecule has 0 atom stereocenters. The normalized spacial score (nSPS) is 14.9. The van der Waals surface area contributed by atoms with Crippen molar-refractivity contribution >= 4 is 0 Å². The molecule has 0 N–H and O–H groups in total. The standard InChI is InChI=1S/C17H15F3/c18-17(19,20)16-8-4-3-7-15(16)14-10-9-12-5-1-2-6-13(12)11-14/h3-4,7-11H,1-2,5-6H2. The van der Waals surface area contributed by atoms with Gasteiger partial charge in [-0.15, -0.1) is 0 Å². The Kier molecular flexibility index (Phi) is 3.28. The Hall–Kier alpha value is -1.77. The van der Waals surface area contributed by atoms with Crippen molar-refractivity contribution in [3.8, 4) is 11.1 Å². The van der Waals surface area contributed by atoms with Crippen LogP contribution in [0.1, 0.15) is 29.5 Å². The number of benzene rings is 2. The highest BCUT2D eigenvalue weighted by atomic mass is 19.4. The Labute approximate surface area is 116 Å². The van der Waals surface area contributed by atoms with Crippen LogP contribution >= 0.6 is 0 Å². The van der Waals surface area contributed by atoms with Crippen LogP contribution in [0.25, 0.3) is 11.1 Å². The molecule has 3 rings (SSSR count). The maximum atomic E-state index is 13.1. The Bertz CT molecular complexity index is 626. The highest BCUT2D eigenvalue weighted by Crippen LogP contribution is 2.37. The quantitative estimate of drug-likeness (QED) is 0.667. The van der Waals surface area contributed by atoms with Crippen molar-refractivity contribution in [1.82, 2.24) is 0 Å². The van der Waals surface area contributed by atoms with Crippen LogP contribution in [-0.4, -0.2) is 0 Å². The molecule has 0 aliphatic heterocycles. The molecule has 1 aliphatic rings. The average Bonchev–Trinajstić information content (AvgIpc) is 2.46. The van der Waals surface area contributed by atoms with Crippen LogP contribution in [0.2, 0.25) is 0 Å². The van der Waals surface area contributed by atoms with Crippen LogP contribution in [0.15, 0.2) is 42.5 Å². The summed E-state index contributed by atoms with van der Waals surface area (Å²) in [4.78, 5) is 0. The van der Waals surface area contributed by atoms with Crippen LogP contribution in [0.4, 0.5) is 13.2 Å². The molecule has 0 nitrogen and oxygen atoms in total. The molecule has 0 spiro atoms. The zero-order chi connectivity index (χ0) is 14.2. The van der Waals surface area contributed by atoms with Crippen molar-refractivity contribution in [3.05, 3.63) is 59.2 Å². The molecular formula is C17H15F3. The van der Waals surface area contributed by atoms with Gasteiger partial charge in [0.25, 0.3) is 0 Å². The van der Waals surface area contributed by atoms with Crippen molar-refractivity contribution in [2.75, 3.05) is 0 Å². The van der Waals surface area contributed by atoms with E-state index in [-0.39, 0.29) is 5.56 Å². The van der Waals surface area contributed by atoms with Gasteiger partial charge in [-0.1, -0.05) is 36.4 Å². The lowest BCUT2D eigenvalue weighted by molar-refractivity contribution is -0.137. The minimum Gasteiger partial charge on any atom is -0.166 e. The third-order valence-corrected chi connectivity index (χ3v) is 3.89. The lowest BCUT2D eigenvalue weighted by Crippen LogP contribution is -2.07. The topological polar surface area (TPSA) is 0 Å². The first-order chi connectivity index (χ1) is 9.55. The van der Waals surface area contributed by atoms with E-state index in [0.717, 1.165) is 25.3 Å². The van der Waals surface area contributed by atoms with Gasteiger partial charge in [-0.25, -0.2) is 0 Å². The van der Waals surface area contributed by atoms with E-state index in [1.807, 2.05) is 18.2 Å². The van der Waals surface area contributed by atoms with Crippen molar-refractivity contribution in [1.29, 1.82) is 0 Å². The molecule has 20 heavy (non-hydrogen) atoms. The summed E-state index contributed by atoms with van der Waals surface area (Å²) in [5.41, 5.74) is 2.86.